The SMILES string of the molecule is CC(=O)N[C@@H](CC1=CC(=NNc2ccc(Sc3ncnc4c3ncn4C)cc2)C(=O)C(N=Nc2ccc(Sc3ncnc4c3ncn4C)cc2)=C1)C(=O)O. The second-order valence-electron chi connectivity index (χ2n) is 11.8. The lowest BCUT2D eigenvalue weighted by molar-refractivity contribution is -0.141. The monoisotopic (exact) mass is 759 g/mol. The summed E-state index contributed by atoms with van der Waals surface area (Å²) in [7, 11) is 3.73. The summed E-state index contributed by atoms with van der Waals surface area (Å²) in [5.74, 6) is -2.28. The average Bonchev–Trinajstić information content (AvgIpc) is 3.74. The predicted octanol–water partition coefficient (Wildman–Crippen LogP) is 5.27. The summed E-state index contributed by atoms with van der Waals surface area (Å²) in [6.07, 6.45) is 9.13. The molecular weight excluding hydrogens is 731 g/mol. The molecule has 0 fully saturated rings. The molecule has 1 aliphatic carbocycles. The second-order valence-corrected chi connectivity index (χ2v) is 13.9. The van der Waals surface area contributed by atoms with Gasteiger partial charge in [0.05, 0.1) is 24.0 Å². The average molecular weight is 760 g/mol. The van der Waals surface area contributed by atoms with Crippen molar-refractivity contribution in [1.29, 1.82) is 0 Å². The van der Waals surface area contributed by atoms with Crippen LogP contribution in [0.15, 0.2) is 132 Å². The van der Waals surface area contributed by atoms with E-state index in [0.717, 1.165) is 21.1 Å². The molecule has 3 N–H and O–H groups in total. The van der Waals surface area contributed by atoms with Crippen LogP contribution in [-0.2, 0) is 28.5 Å². The maximum absolute atomic E-state index is 13.6. The van der Waals surface area contributed by atoms with Gasteiger partial charge in [0.1, 0.15) is 51.2 Å². The number of ketones is 1. The van der Waals surface area contributed by atoms with Gasteiger partial charge in [0, 0.05) is 37.2 Å². The van der Waals surface area contributed by atoms with E-state index in [-0.39, 0.29) is 17.8 Å². The van der Waals surface area contributed by atoms with Crippen LogP contribution in [0.3, 0.4) is 0 Å². The molecule has 4 aromatic heterocycles. The number of hydrogen-bond acceptors (Lipinski definition) is 15. The van der Waals surface area contributed by atoms with Gasteiger partial charge in [-0.2, -0.15) is 10.2 Å². The van der Waals surface area contributed by atoms with Gasteiger partial charge in [0.15, 0.2) is 11.3 Å². The minimum Gasteiger partial charge on any atom is -0.480 e. The van der Waals surface area contributed by atoms with Gasteiger partial charge in [0.2, 0.25) is 11.7 Å². The van der Waals surface area contributed by atoms with E-state index in [0.29, 0.717) is 38.0 Å². The Kier molecular flexibility index (Phi) is 10.3. The number of nitrogens with zero attached hydrogens (tertiary/aromatic N) is 11. The molecule has 54 heavy (non-hydrogen) atoms. The van der Waals surface area contributed by atoms with E-state index in [2.05, 4.69) is 56.0 Å². The van der Waals surface area contributed by atoms with Crippen LogP contribution < -0.4 is 10.7 Å². The molecule has 17 nitrogen and oxygen atoms in total. The summed E-state index contributed by atoms with van der Waals surface area (Å²) in [4.78, 5) is 65.1. The van der Waals surface area contributed by atoms with Crippen LogP contribution in [0.25, 0.3) is 22.3 Å². The van der Waals surface area contributed by atoms with Gasteiger partial charge in [-0.25, -0.2) is 34.7 Å². The molecule has 270 valence electrons. The highest BCUT2D eigenvalue weighted by molar-refractivity contribution is 7.99. The number of anilines is 1. The topological polar surface area (TPSA) is 220 Å². The fourth-order valence-electron chi connectivity index (χ4n) is 5.25. The molecule has 19 heteroatoms. The third-order valence-corrected chi connectivity index (χ3v) is 9.85. The van der Waals surface area contributed by atoms with E-state index in [1.54, 1.807) is 36.9 Å². The quantitative estimate of drug-likeness (QED) is 0.0628. The first-order chi connectivity index (χ1) is 26.1. The Bertz CT molecular complexity index is 2540. The Morgan fingerprint density at radius 1 is 0.796 bits per heavy atom. The number of nitrogens with one attached hydrogen (secondary N) is 2. The number of fused-ring (bicyclic) bond motifs is 2. The van der Waals surface area contributed by atoms with Crippen LogP contribution in [0.5, 0.6) is 0 Å². The van der Waals surface area contributed by atoms with Crippen molar-refractivity contribution in [1.82, 2.24) is 44.4 Å². The Hall–Kier alpha value is -6.60. The number of carbonyl (C=O) groups is 3. The van der Waals surface area contributed by atoms with Gasteiger partial charge in [0.25, 0.3) is 0 Å². The molecular formula is C35H29N13O4S2. The number of benzene rings is 2. The van der Waals surface area contributed by atoms with Crippen LogP contribution in [0.2, 0.25) is 0 Å². The summed E-state index contributed by atoms with van der Waals surface area (Å²) in [6.45, 7) is 1.23. The number of allylic oxidation sites excluding steroid dienone is 3. The Balaban J connectivity index is 1.08. The highest BCUT2D eigenvalue weighted by Gasteiger charge is 2.26. The first kappa shape index (κ1) is 35.8. The van der Waals surface area contributed by atoms with Crippen LogP contribution in [0, 0.1) is 0 Å². The summed E-state index contributed by atoms with van der Waals surface area (Å²) in [5, 5.41) is 26.4. The minimum absolute atomic E-state index is 0.0252. The number of aryl methyl sites for hydroxylation is 2. The van der Waals surface area contributed by atoms with E-state index in [4.69, 9.17) is 0 Å². The van der Waals surface area contributed by atoms with Crippen molar-refractivity contribution in [3.05, 3.63) is 97.3 Å². The molecule has 0 aliphatic heterocycles. The third kappa shape index (κ3) is 8.06. The molecule has 0 saturated carbocycles. The molecule has 7 rings (SSSR count). The largest absolute Gasteiger partial charge is 0.480 e. The zero-order valence-electron chi connectivity index (χ0n) is 28.8. The Labute approximate surface area is 314 Å². The van der Waals surface area contributed by atoms with Gasteiger partial charge in [-0.1, -0.05) is 23.5 Å². The summed E-state index contributed by atoms with van der Waals surface area (Å²) in [6, 6.07) is 13.3. The number of hydrogen-bond donors (Lipinski definition) is 3. The summed E-state index contributed by atoms with van der Waals surface area (Å²) < 4.78 is 3.64. The van der Waals surface area contributed by atoms with Crippen molar-refractivity contribution >= 4 is 80.6 Å². The molecule has 0 saturated heterocycles. The molecule has 0 unspecified atom stereocenters. The number of aromatic nitrogens is 8. The first-order valence-corrected chi connectivity index (χ1v) is 17.8. The summed E-state index contributed by atoms with van der Waals surface area (Å²) in [5.41, 5.74) is 7.11. The van der Waals surface area contributed by atoms with Crippen molar-refractivity contribution < 1.29 is 19.5 Å². The van der Waals surface area contributed by atoms with Crippen LogP contribution >= 0.6 is 23.5 Å². The molecule has 0 radical (unpaired) electrons. The number of imidazole rings is 2. The normalized spacial score (nSPS) is 14.4. The predicted molar refractivity (Wildman–Crippen MR) is 200 cm³/mol. The number of hydrazone groups is 1. The van der Waals surface area contributed by atoms with Crippen LogP contribution in [-0.4, -0.2) is 73.6 Å². The number of rotatable bonds is 12. The van der Waals surface area contributed by atoms with Gasteiger partial charge in [-0.3, -0.25) is 15.0 Å². The number of carbonyl (C=O) groups excluding carboxylic acids is 2. The van der Waals surface area contributed by atoms with E-state index >= 15 is 0 Å². The molecule has 1 atom stereocenters. The Morgan fingerprint density at radius 2 is 1.37 bits per heavy atom. The summed E-state index contributed by atoms with van der Waals surface area (Å²) >= 11 is 2.85. The van der Waals surface area contributed by atoms with E-state index in [1.165, 1.54) is 55.3 Å². The number of carboxylic acids is 1. The van der Waals surface area contributed by atoms with Gasteiger partial charge in [-0.05, 0) is 66.3 Å². The molecule has 4 heterocycles. The number of Topliss-reactive ketones (excluding diaryl/α,β-unsaturated/α-hetero) is 1. The van der Waals surface area contributed by atoms with E-state index in [1.807, 2.05) is 47.5 Å². The van der Waals surface area contributed by atoms with Crippen LogP contribution in [0.4, 0.5) is 11.4 Å². The smallest absolute Gasteiger partial charge is 0.326 e. The maximum atomic E-state index is 13.6. The fourth-order valence-corrected chi connectivity index (χ4v) is 6.92. The molecule has 1 amide bonds. The maximum Gasteiger partial charge on any atom is 0.326 e. The highest BCUT2D eigenvalue weighted by Crippen LogP contribution is 2.33. The third-order valence-electron chi connectivity index (χ3n) is 7.85. The second kappa shape index (κ2) is 15.6. The Morgan fingerprint density at radius 3 is 1.93 bits per heavy atom. The van der Waals surface area contributed by atoms with Crippen molar-refractivity contribution in [2.24, 2.45) is 29.4 Å². The lowest BCUT2D eigenvalue weighted by atomic mass is 9.96. The van der Waals surface area contributed by atoms with Gasteiger partial charge >= 0.3 is 5.97 Å². The number of amides is 1. The van der Waals surface area contributed by atoms with E-state index < -0.39 is 23.7 Å². The minimum atomic E-state index is -1.25. The molecule has 0 spiro atoms. The molecule has 1 aliphatic rings. The molecule has 6 aromatic rings. The lowest BCUT2D eigenvalue weighted by Gasteiger charge is -2.17. The van der Waals surface area contributed by atoms with E-state index in [9.17, 15) is 19.5 Å². The highest BCUT2D eigenvalue weighted by atomic mass is 32.2. The lowest BCUT2D eigenvalue weighted by Crippen LogP contribution is -2.40. The van der Waals surface area contributed by atoms with Gasteiger partial charge < -0.3 is 19.6 Å². The number of azo groups is 1. The van der Waals surface area contributed by atoms with Crippen LogP contribution in [0.1, 0.15) is 13.3 Å². The molecule has 2 aromatic carbocycles. The molecule has 0 bridgehead atoms. The standard InChI is InChI=1S/C35H29N13O4S2/c1-19(49)42-27(35(51)52)14-20-12-25(45-43-21-4-8-23(9-5-21)53-33-28-31(36-15-38-33)47(2)17-40-28)30(50)26(13-20)46-44-22-6-10-24(11-7-22)54-34-29-32(37-16-39-34)48(3)18-41-29/h4-13,15-18,27,43H,14H2,1-3H3,(H,42,49)(H,51,52)/t27-/m0/s1. The number of carboxylic acid groups (broad SMARTS) is 1. The van der Waals surface area contributed by atoms with Crippen molar-refractivity contribution in [3.63, 3.8) is 0 Å². The van der Waals surface area contributed by atoms with Crippen molar-refractivity contribution in [3.8, 4) is 0 Å². The number of aliphatic carboxylic acids is 1. The van der Waals surface area contributed by atoms with Crippen molar-refractivity contribution in [2.75, 3.05) is 5.43 Å². The van der Waals surface area contributed by atoms with Gasteiger partial charge in [-0.15, -0.1) is 5.11 Å². The van der Waals surface area contributed by atoms with Crippen molar-refractivity contribution in [2.45, 2.75) is 39.2 Å². The fraction of sp³-hybridized carbons (Fsp3) is 0.143. The zero-order chi connectivity index (χ0) is 37.8. The first-order valence-electron chi connectivity index (χ1n) is 16.1. The zero-order valence-corrected chi connectivity index (χ0v) is 30.4.